The Morgan fingerprint density at radius 1 is 0.738 bits per heavy atom. The maximum Gasteiger partial charge on any atom is 0.265 e. The molecule has 0 saturated heterocycles. The number of rotatable bonds is 16. The van der Waals surface area contributed by atoms with Crippen LogP contribution in [0.25, 0.3) is 0 Å². The molecule has 0 fully saturated rings. The molecule has 0 saturated carbocycles. The van der Waals surface area contributed by atoms with Gasteiger partial charge in [-0.1, -0.05) is 0 Å². The third-order valence-electron chi connectivity index (χ3n) is 4.89. The van der Waals surface area contributed by atoms with E-state index in [4.69, 9.17) is 9.47 Å². The number of ketones is 1. The molecule has 0 radical (unpaired) electrons. The van der Waals surface area contributed by atoms with Crippen LogP contribution < -0.4 is 9.47 Å². The highest BCUT2D eigenvalue weighted by Gasteiger charge is 2.26. The summed E-state index contributed by atoms with van der Waals surface area (Å²) in [7, 11) is -8.45. The predicted octanol–water partition coefficient (Wildman–Crippen LogP) is 3.99. The lowest BCUT2D eigenvalue weighted by atomic mass is 10.1. The number of carbonyl (C=O) groups excluding carboxylic acids is 1. The highest BCUT2D eigenvalue weighted by molar-refractivity contribution is 8.00. The second-order valence-electron chi connectivity index (χ2n) is 11.2. The lowest BCUT2D eigenvalue weighted by Crippen LogP contribution is -2.24. The average molecular weight is 667 g/mol. The molecule has 2 N–H and O–H groups in total. The fourth-order valence-corrected chi connectivity index (χ4v) is 7.55. The summed E-state index contributed by atoms with van der Waals surface area (Å²) in [6.07, 6.45) is 5.64. The summed E-state index contributed by atoms with van der Waals surface area (Å²) in [5, 5.41) is -1.25. The normalized spacial score (nSPS) is 14.3. The molecule has 17 heteroatoms. The smallest absolute Gasteiger partial charge is 0.265 e. The Morgan fingerprint density at radius 3 is 1.40 bits per heavy atom. The van der Waals surface area contributed by atoms with Gasteiger partial charge in [-0.25, -0.2) is 9.97 Å². The quantitative estimate of drug-likeness (QED) is 0.244. The molecule has 0 bridgehead atoms. The van der Waals surface area contributed by atoms with Crippen molar-refractivity contribution in [2.75, 3.05) is 23.0 Å². The summed E-state index contributed by atoms with van der Waals surface area (Å²) >= 11 is 2.25. The number of aromatic nitrogens is 4. The summed E-state index contributed by atoms with van der Waals surface area (Å²) < 4.78 is 75.2. The zero-order valence-electron chi connectivity index (χ0n) is 24.4. The topological polar surface area (TPSA) is 196 Å². The van der Waals surface area contributed by atoms with Gasteiger partial charge in [0.25, 0.3) is 20.2 Å². The number of Topliss-reactive ketones (excluding diaryl/α,β-unsaturated/α-hetero) is 1. The van der Waals surface area contributed by atoms with E-state index in [-0.39, 0.29) is 41.9 Å². The number of carbonyl (C=O) groups is 1. The molecular formula is C25H38N4O9S4. The van der Waals surface area contributed by atoms with Gasteiger partial charge in [-0.3, -0.25) is 23.9 Å². The monoisotopic (exact) mass is 666 g/mol. The van der Waals surface area contributed by atoms with Crippen molar-refractivity contribution in [3.63, 3.8) is 0 Å². The third-order valence-corrected chi connectivity index (χ3v) is 9.35. The Morgan fingerprint density at radius 2 is 1.10 bits per heavy atom. The largest absolute Gasteiger partial charge is 0.471 e. The molecule has 13 nitrogen and oxygen atoms in total. The number of thioether (sulfide) groups is 2. The van der Waals surface area contributed by atoms with E-state index < -0.39 is 53.4 Å². The Hall–Kier alpha value is -2.05. The van der Waals surface area contributed by atoms with Crippen LogP contribution in [0.15, 0.2) is 24.8 Å². The fourth-order valence-electron chi connectivity index (χ4n) is 3.35. The SMILES string of the molecule is CC(C)(C)Oc1cncc(C(CC(=O)CC(SCCS(=O)(=O)O)c2cncc(OC(C)(C)C)n2)SCCS(=O)(=O)O)n1. The van der Waals surface area contributed by atoms with Crippen LogP contribution in [0, 0.1) is 0 Å². The van der Waals surface area contributed by atoms with Gasteiger partial charge in [0, 0.05) is 36.7 Å². The van der Waals surface area contributed by atoms with Crippen LogP contribution >= 0.6 is 23.5 Å². The number of nitrogens with zero attached hydrogens (tertiary/aromatic N) is 4. The van der Waals surface area contributed by atoms with E-state index in [0.717, 1.165) is 23.5 Å². The van der Waals surface area contributed by atoms with E-state index in [1.807, 2.05) is 41.5 Å². The molecule has 2 aromatic heterocycles. The van der Waals surface area contributed by atoms with Crippen molar-refractivity contribution in [1.82, 2.24) is 19.9 Å². The van der Waals surface area contributed by atoms with Crippen molar-refractivity contribution in [3.05, 3.63) is 36.2 Å². The molecule has 236 valence electrons. The van der Waals surface area contributed by atoms with E-state index in [0.29, 0.717) is 11.4 Å². The molecule has 2 rings (SSSR count). The van der Waals surface area contributed by atoms with Gasteiger partial charge >= 0.3 is 0 Å². The summed E-state index contributed by atoms with van der Waals surface area (Å²) in [6.45, 7) is 11.0. The average Bonchev–Trinajstić information content (AvgIpc) is 2.79. The molecule has 0 aliphatic rings. The highest BCUT2D eigenvalue weighted by atomic mass is 32.2. The Labute approximate surface area is 255 Å². The van der Waals surface area contributed by atoms with Gasteiger partial charge in [0.1, 0.15) is 17.0 Å². The third kappa shape index (κ3) is 15.4. The minimum atomic E-state index is -4.22. The van der Waals surface area contributed by atoms with Crippen molar-refractivity contribution in [2.45, 2.75) is 76.1 Å². The molecule has 0 spiro atoms. The Balaban J connectivity index is 2.32. The first-order valence-corrected chi connectivity index (χ1v) is 18.2. The second-order valence-corrected chi connectivity index (χ2v) is 17.0. The molecule has 42 heavy (non-hydrogen) atoms. The van der Waals surface area contributed by atoms with E-state index in [9.17, 15) is 30.7 Å². The van der Waals surface area contributed by atoms with Crippen molar-refractivity contribution in [3.8, 4) is 11.8 Å². The fraction of sp³-hybridized carbons (Fsp3) is 0.640. The van der Waals surface area contributed by atoms with Gasteiger partial charge in [-0.15, -0.1) is 0 Å². The van der Waals surface area contributed by atoms with Gasteiger partial charge in [0.05, 0.1) is 45.8 Å². The molecular weight excluding hydrogens is 629 g/mol. The van der Waals surface area contributed by atoms with E-state index >= 15 is 0 Å². The van der Waals surface area contributed by atoms with Crippen LogP contribution in [-0.4, -0.2) is 85.9 Å². The zero-order valence-corrected chi connectivity index (χ0v) is 27.6. The van der Waals surface area contributed by atoms with Gasteiger partial charge in [-0.2, -0.15) is 40.4 Å². The molecule has 2 heterocycles. The van der Waals surface area contributed by atoms with Crippen LogP contribution in [0.2, 0.25) is 0 Å². The first-order chi connectivity index (χ1) is 19.2. The number of hydrogen-bond donors (Lipinski definition) is 2. The summed E-state index contributed by atoms with van der Waals surface area (Å²) in [4.78, 5) is 30.7. The molecule has 0 aliphatic heterocycles. The van der Waals surface area contributed by atoms with Crippen molar-refractivity contribution >= 4 is 49.5 Å². The maximum atomic E-state index is 13.4. The highest BCUT2D eigenvalue weighted by Crippen LogP contribution is 2.37. The van der Waals surface area contributed by atoms with Gasteiger partial charge in [0.15, 0.2) is 0 Å². The minimum Gasteiger partial charge on any atom is -0.471 e. The van der Waals surface area contributed by atoms with Crippen molar-refractivity contribution in [2.24, 2.45) is 0 Å². The lowest BCUT2D eigenvalue weighted by molar-refractivity contribution is -0.119. The van der Waals surface area contributed by atoms with Crippen LogP contribution in [-0.2, 0) is 25.0 Å². The second kappa shape index (κ2) is 15.1. The number of hydrogen-bond acceptors (Lipinski definition) is 13. The molecule has 2 atom stereocenters. The molecule has 0 amide bonds. The number of ether oxygens (including phenoxy) is 2. The Kier molecular flexibility index (Phi) is 13.0. The van der Waals surface area contributed by atoms with Gasteiger partial charge < -0.3 is 9.47 Å². The first-order valence-electron chi connectivity index (χ1n) is 12.9. The maximum absolute atomic E-state index is 13.4. The van der Waals surface area contributed by atoms with Crippen LogP contribution in [0.4, 0.5) is 0 Å². The van der Waals surface area contributed by atoms with Gasteiger partial charge in [0.2, 0.25) is 11.8 Å². The standard InChI is InChI=1S/C25H38N4O9S4/c1-24(2,3)37-22-15-26-13-18(28-22)20(39-7-9-41(31,32)33)11-17(30)12-21(40-8-10-42(34,35)36)19-14-27-16-23(29-19)38-25(4,5)6/h13-16,20-21H,7-12H2,1-6H3,(H,31,32,33)(H,34,35,36). The van der Waals surface area contributed by atoms with Crippen molar-refractivity contribution in [1.29, 1.82) is 0 Å². The predicted molar refractivity (Wildman–Crippen MR) is 162 cm³/mol. The summed E-state index contributed by atoms with van der Waals surface area (Å²) in [5.41, 5.74) is -0.340. The van der Waals surface area contributed by atoms with E-state index in [1.54, 1.807) is 0 Å². The zero-order chi connectivity index (χ0) is 31.8. The molecule has 2 aromatic rings. The minimum absolute atomic E-state index is 0.00693. The molecule has 0 aliphatic carbocycles. The van der Waals surface area contributed by atoms with E-state index in [1.165, 1.54) is 24.8 Å². The van der Waals surface area contributed by atoms with E-state index in [2.05, 4.69) is 19.9 Å². The van der Waals surface area contributed by atoms with Crippen LogP contribution in [0.5, 0.6) is 11.8 Å². The van der Waals surface area contributed by atoms with Crippen LogP contribution in [0.3, 0.4) is 0 Å². The molecule has 0 aromatic carbocycles. The molecule has 2 unspecified atom stereocenters. The summed E-state index contributed by atoms with van der Waals surface area (Å²) in [6, 6.07) is 0. The van der Waals surface area contributed by atoms with Crippen molar-refractivity contribution < 1.29 is 40.2 Å². The van der Waals surface area contributed by atoms with Crippen LogP contribution in [0.1, 0.15) is 76.3 Å². The lowest BCUT2D eigenvalue weighted by Gasteiger charge is -2.22. The Bertz CT molecular complexity index is 1300. The van der Waals surface area contributed by atoms with Gasteiger partial charge in [-0.05, 0) is 41.5 Å². The summed E-state index contributed by atoms with van der Waals surface area (Å²) in [5.74, 6) is -0.831. The first kappa shape index (κ1) is 36.1.